The Morgan fingerprint density at radius 2 is 1.89 bits per heavy atom. The van der Waals surface area contributed by atoms with Gasteiger partial charge in [-0.1, -0.05) is 6.07 Å². The van der Waals surface area contributed by atoms with Gasteiger partial charge >= 0.3 is 0 Å². The zero-order valence-corrected chi connectivity index (χ0v) is 11.4. The average Bonchev–Trinajstić information content (AvgIpc) is 2.37. The molecule has 0 spiro atoms. The molecule has 0 aliphatic heterocycles. The normalized spacial score (nSPS) is 10.5. The summed E-state index contributed by atoms with van der Waals surface area (Å²) in [6.45, 7) is 5.31. The van der Waals surface area contributed by atoms with Gasteiger partial charge in [-0.05, 0) is 31.5 Å². The van der Waals surface area contributed by atoms with Crippen LogP contribution in [0.2, 0.25) is 0 Å². The van der Waals surface area contributed by atoms with Gasteiger partial charge in [0, 0.05) is 12.6 Å². The van der Waals surface area contributed by atoms with E-state index in [-0.39, 0.29) is 0 Å². The van der Waals surface area contributed by atoms with Crippen molar-refractivity contribution in [1.82, 2.24) is 4.90 Å². The van der Waals surface area contributed by atoms with Crippen LogP contribution in [0.25, 0.3) is 0 Å². The highest BCUT2D eigenvalue weighted by Crippen LogP contribution is 2.28. The van der Waals surface area contributed by atoms with E-state index in [1.165, 1.54) is 0 Å². The van der Waals surface area contributed by atoms with Crippen LogP contribution in [0, 0.1) is 11.3 Å². The van der Waals surface area contributed by atoms with E-state index < -0.39 is 0 Å². The standard InChI is InChI=1S/C14H20N2O2/c1-11(2)16(8-7-15)10-12-5-6-13(17-3)14(9-12)18-4/h5-6,9,11H,8,10H2,1-4H3. The summed E-state index contributed by atoms with van der Waals surface area (Å²) in [7, 11) is 3.24. The van der Waals surface area contributed by atoms with Crippen LogP contribution >= 0.6 is 0 Å². The van der Waals surface area contributed by atoms with Gasteiger partial charge in [-0.25, -0.2) is 0 Å². The number of nitrogens with zero attached hydrogens (tertiary/aromatic N) is 2. The van der Waals surface area contributed by atoms with Crippen molar-refractivity contribution in [3.05, 3.63) is 23.8 Å². The molecule has 1 aromatic rings. The van der Waals surface area contributed by atoms with E-state index in [4.69, 9.17) is 14.7 Å². The average molecular weight is 248 g/mol. The van der Waals surface area contributed by atoms with E-state index in [9.17, 15) is 0 Å². The number of benzene rings is 1. The maximum atomic E-state index is 8.81. The van der Waals surface area contributed by atoms with Crippen LogP contribution in [0.1, 0.15) is 19.4 Å². The first-order valence-electron chi connectivity index (χ1n) is 5.94. The second-order valence-electron chi connectivity index (χ2n) is 4.35. The Kier molecular flexibility index (Phi) is 5.47. The minimum Gasteiger partial charge on any atom is -0.493 e. The molecule has 0 atom stereocenters. The van der Waals surface area contributed by atoms with Gasteiger partial charge in [-0.3, -0.25) is 4.90 Å². The van der Waals surface area contributed by atoms with Crippen LogP contribution in [0.15, 0.2) is 18.2 Å². The quantitative estimate of drug-likeness (QED) is 0.725. The largest absolute Gasteiger partial charge is 0.493 e. The third-order valence-electron chi connectivity index (χ3n) is 2.84. The number of hydrogen-bond donors (Lipinski definition) is 0. The second kappa shape index (κ2) is 6.87. The molecule has 0 N–H and O–H groups in total. The first-order valence-corrected chi connectivity index (χ1v) is 5.94. The second-order valence-corrected chi connectivity index (χ2v) is 4.35. The van der Waals surface area contributed by atoms with Crippen LogP contribution < -0.4 is 9.47 Å². The van der Waals surface area contributed by atoms with Crippen molar-refractivity contribution in [3.8, 4) is 17.6 Å². The summed E-state index contributed by atoms with van der Waals surface area (Å²) in [4.78, 5) is 2.10. The van der Waals surface area contributed by atoms with Crippen LogP contribution in [0.4, 0.5) is 0 Å². The maximum Gasteiger partial charge on any atom is 0.161 e. The summed E-state index contributed by atoms with van der Waals surface area (Å²) in [5.41, 5.74) is 1.11. The predicted molar refractivity (Wildman–Crippen MR) is 70.7 cm³/mol. The van der Waals surface area contributed by atoms with Crippen molar-refractivity contribution >= 4 is 0 Å². The summed E-state index contributed by atoms with van der Waals surface area (Å²) >= 11 is 0. The summed E-state index contributed by atoms with van der Waals surface area (Å²) in [6.07, 6.45) is 0. The summed E-state index contributed by atoms with van der Waals surface area (Å²) in [5, 5.41) is 8.81. The number of hydrogen-bond acceptors (Lipinski definition) is 4. The molecule has 0 amide bonds. The lowest BCUT2D eigenvalue weighted by molar-refractivity contribution is 0.239. The molecule has 4 heteroatoms. The molecule has 0 radical (unpaired) electrons. The Bertz CT molecular complexity index is 424. The van der Waals surface area contributed by atoms with Crippen molar-refractivity contribution in [2.45, 2.75) is 26.4 Å². The minimum absolute atomic E-state index is 0.331. The molecule has 0 aromatic heterocycles. The van der Waals surface area contributed by atoms with Gasteiger partial charge in [0.1, 0.15) is 0 Å². The van der Waals surface area contributed by atoms with Gasteiger partial charge in [0.05, 0.1) is 26.8 Å². The van der Waals surface area contributed by atoms with Crippen molar-refractivity contribution in [3.63, 3.8) is 0 Å². The van der Waals surface area contributed by atoms with E-state index in [0.29, 0.717) is 12.6 Å². The van der Waals surface area contributed by atoms with Crippen molar-refractivity contribution in [2.75, 3.05) is 20.8 Å². The van der Waals surface area contributed by atoms with Crippen molar-refractivity contribution in [2.24, 2.45) is 0 Å². The highest BCUT2D eigenvalue weighted by molar-refractivity contribution is 5.42. The van der Waals surface area contributed by atoms with Crippen molar-refractivity contribution in [1.29, 1.82) is 5.26 Å². The number of ether oxygens (including phenoxy) is 2. The Labute approximate surface area is 109 Å². The van der Waals surface area contributed by atoms with E-state index in [1.54, 1.807) is 14.2 Å². The lowest BCUT2D eigenvalue weighted by atomic mass is 10.1. The summed E-state index contributed by atoms with van der Waals surface area (Å²) in [5.74, 6) is 1.44. The smallest absolute Gasteiger partial charge is 0.161 e. The molecule has 1 rings (SSSR count). The molecular formula is C14H20N2O2. The molecule has 1 aromatic carbocycles. The Morgan fingerprint density at radius 3 is 2.39 bits per heavy atom. The fourth-order valence-electron chi connectivity index (χ4n) is 1.73. The Hall–Kier alpha value is -1.73. The first-order chi connectivity index (χ1) is 8.62. The molecular weight excluding hydrogens is 228 g/mol. The first kappa shape index (κ1) is 14.3. The highest BCUT2D eigenvalue weighted by atomic mass is 16.5. The number of rotatable bonds is 6. The van der Waals surface area contributed by atoms with Gasteiger partial charge in [0.25, 0.3) is 0 Å². The molecule has 0 heterocycles. The van der Waals surface area contributed by atoms with E-state index in [0.717, 1.165) is 23.6 Å². The van der Waals surface area contributed by atoms with Crippen LogP contribution in [-0.4, -0.2) is 31.7 Å². The fourth-order valence-corrected chi connectivity index (χ4v) is 1.73. The number of methoxy groups -OCH3 is 2. The minimum atomic E-state index is 0.331. The highest BCUT2D eigenvalue weighted by Gasteiger charge is 2.11. The summed E-state index contributed by atoms with van der Waals surface area (Å²) < 4.78 is 10.5. The third kappa shape index (κ3) is 3.64. The maximum absolute atomic E-state index is 8.81. The topological polar surface area (TPSA) is 45.5 Å². The molecule has 0 aliphatic rings. The predicted octanol–water partition coefficient (Wildman–Crippen LogP) is 2.44. The summed E-state index contributed by atoms with van der Waals surface area (Å²) in [6, 6.07) is 8.35. The molecule has 0 fully saturated rings. The van der Waals surface area contributed by atoms with E-state index >= 15 is 0 Å². The van der Waals surface area contributed by atoms with Crippen molar-refractivity contribution < 1.29 is 9.47 Å². The lowest BCUT2D eigenvalue weighted by Gasteiger charge is -2.23. The van der Waals surface area contributed by atoms with Crippen LogP contribution in [0.5, 0.6) is 11.5 Å². The van der Waals surface area contributed by atoms with Crippen LogP contribution in [0.3, 0.4) is 0 Å². The molecule has 0 saturated heterocycles. The molecule has 98 valence electrons. The Morgan fingerprint density at radius 1 is 1.22 bits per heavy atom. The molecule has 0 aliphatic carbocycles. The van der Waals surface area contributed by atoms with Gasteiger partial charge in [-0.15, -0.1) is 0 Å². The third-order valence-corrected chi connectivity index (χ3v) is 2.84. The van der Waals surface area contributed by atoms with Gasteiger partial charge < -0.3 is 9.47 Å². The van der Waals surface area contributed by atoms with E-state index in [1.807, 2.05) is 18.2 Å². The molecule has 18 heavy (non-hydrogen) atoms. The number of nitriles is 1. The van der Waals surface area contributed by atoms with Crippen LogP contribution in [-0.2, 0) is 6.54 Å². The van der Waals surface area contributed by atoms with Gasteiger partial charge in [0.15, 0.2) is 11.5 Å². The zero-order chi connectivity index (χ0) is 13.5. The molecule has 0 saturated carbocycles. The fraction of sp³-hybridized carbons (Fsp3) is 0.500. The van der Waals surface area contributed by atoms with E-state index in [2.05, 4.69) is 24.8 Å². The lowest BCUT2D eigenvalue weighted by Crippen LogP contribution is -2.30. The Balaban J connectivity index is 2.87. The monoisotopic (exact) mass is 248 g/mol. The SMILES string of the molecule is COc1ccc(CN(CC#N)C(C)C)cc1OC. The van der Waals surface area contributed by atoms with Gasteiger partial charge in [-0.2, -0.15) is 5.26 Å². The molecule has 4 nitrogen and oxygen atoms in total. The van der Waals surface area contributed by atoms with Gasteiger partial charge in [0.2, 0.25) is 0 Å². The molecule has 0 unspecified atom stereocenters. The molecule has 0 bridgehead atoms. The zero-order valence-electron chi connectivity index (χ0n) is 11.4.